The Morgan fingerprint density at radius 2 is 1.70 bits per heavy atom. The maximum absolute atomic E-state index is 12.4. The SMILES string of the molecule is CCOC(=O)c1ccccc1N(CC(=O)NCc1ccc(C)cc1)C(C)=O. The minimum Gasteiger partial charge on any atom is -0.462 e. The van der Waals surface area contributed by atoms with Crippen molar-refractivity contribution >= 4 is 23.5 Å². The molecule has 0 heterocycles. The van der Waals surface area contributed by atoms with Crippen molar-refractivity contribution in [1.29, 1.82) is 0 Å². The summed E-state index contributed by atoms with van der Waals surface area (Å²) in [4.78, 5) is 37.9. The zero-order valence-electron chi connectivity index (χ0n) is 15.8. The van der Waals surface area contributed by atoms with E-state index in [-0.39, 0.29) is 30.5 Å². The van der Waals surface area contributed by atoms with E-state index < -0.39 is 5.97 Å². The Bertz CT molecular complexity index is 815. The van der Waals surface area contributed by atoms with E-state index in [0.29, 0.717) is 12.2 Å². The van der Waals surface area contributed by atoms with Gasteiger partial charge >= 0.3 is 5.97 Å². The number of anilines is 1. The molecule has 0 aliphatic heterocycles. The summed E-state index contributed by atoms with van der Waals surface area (Å²) >= 11 is 0. The molecule has 6 heteroatoms. The molecule has 0 aliphatic carbocycles. The Hall–Kier alpha value is -3.15. The summed E-state index contributed by atoms with van der Waals surface area (Å²) in [5.74, 6) is -1.18. The maximum atomic E-state index is 12.4. The predicted octanol–water partition coefficient (Wildman–Crippen LogP) is 2.84. The third-order valence-corrected chi connectivity index (χ3v) is 3.98. The van der Waals surface area contributed by atoms with Crippen LogP contribution in [0, 0.1) is 6.92 Å². The molecule has 2 aromatic rings. The van der Waals surface area contributed by atoms with Gasteiger partial charge in [-0.1, -0.05) is 42.0 Å². The molecule has 0 aromatic heterocycles. The second-order valence-electron chi connectivity index (χ2n) is 6.11. The number of hydrogen-bond acceptors (Lipinski definition) is 4. The summed E-state index contributed by atoms with van der Waals surface area (Å²) in [5, 5.41) is 2.80. The summed E-state index contributed by atoms with van der Waals surface area (Å²) in [7, 11) is 0. The van der Waals surface area contributed by atoms with E-state index in [2.05, 4.69) is 5.32 Å². The first-order valence-electron chi connectivity index (χ1n) is 8.79. The molecule has 2 amide bonds. The molecular weight excluding hydrogens is 344 g/mol. The number of carbonyl (C=O) groups excluding carboxylic acids is 3. The number of hydrogen-bond donors (Lipinski definition) is 1. The number of carbonyl (C=O) groups is 3. The summed E-state index contributed by atoms with van der Waals surface area (Å²) in [6, 6.07) is 14.4. The fourth-order valence-electron chi connectivity index (χ4n) is 2.56. The minimum atomic E-state index is -0.528. The van der Waals surface area contributed by atoms with Gasteiger partial charge in [-0.15, -0.1) is 0 Å². The Kier molecular flexibility index (Phi) is 7.11. The van der Waals surface area contributed by atoms with Crippen LogP contribution in [-0.4, -0.2) is 30.9 Å². The molecule has 0 radical (unpaired) electrons. The van der Waals surface area contributed by atoms with Crippen molar-refractivity contribution in [1.82, 2.24) is 5.32 Å². The zero-order chi connectivity index (χ0) is 19.8. The molecule has 27 heavy (non-hydrogen) atoms. The average Bonchev–Trinajstić information content (AvgIpc) is 2.65. The van der Waals surface area contributed by atoms with Crippen LogP contribution in [0.1, 0.15) is 35.3 Å². The first-order chi connectivity index (χ1) is 12.9. The number of rotatable bonds is 7. The monoisotopic (exact) mass is 368 g/mol. The largest absolute Gasteiger partial charge is 0.462 e. The fraction of sp³-hybridized carbons (Fsp3) is 0.286. The van der Waals surface area contributed by atoms with Crippen LogP contribution < -0.4 is 10.2 Å². The lowest BCUT2D eigenvalue weighted by atomic mass is 10.1. The third kappa shape index (κ3) is 5.67. The summed E-state index contributed by atoms with van der Waals surface area (Å²) in [6.07, 6.45) is 0. The van der Waals surface area contributed by atoms with Gasteiger partial charge in [-0.2, -0.15) is 0 Å². The Labute approximate surface area is 159 Å². The van der Waals surface area contributed by atoms with Crippen LogP contribution in [0.3, 0.4) is 0 Å². The maximum Gasteiger partial charge on any atom is 0.340 e. The van der Waals surface area contributed by atoms with Crippen LogP contribution in [0.25, 0.3) is 0 Å². The lowest BCUT2D eigenvalue weighted by Gasteiger charge is -2.23. The van der Waals surface area contributed by atoms with Crippen molar-refractivity contribution in [3.63, 3.8) is 0 Å². The van der Waals surface area contributed by atoms with Crippen LogP contribution in [0.4, 0.5) is 5.69 Å². The molecule has 2 aromatic carbocycles. The standard InChI is InChI=1S/C21H24N2O4/c1-4-27-21(26)18-7-5-6-8-19(18)23(16(3)24)14-20(25)22-13-17-11-9-15(2)10-12-17/h5-12H,4,13-14H2,1-3H3,(H,22,25). The summed E-state index contributed by atoms with van der Waals surface area (Å²) in [5.41, 5.74) is 2.72. The van der Waals surface area contributed by atoms with E-state index in [4.69, 9.17) is 4.74 Å². The highest BCUT2D eigenvalue weighted by Gasteiger charge is 2.22. The molecule has 0 fully saturated rings. The number of aryl methyl sites for hydroxylation is 1. The molecule has 142 valence electrons. The van der Waals surface area contributed by atoms with E-state index in [1.54, 1.807) is 31.2 Å². The minimum absolute atomic E-state index is 0.183. The lowest BCUT2D eigenvalue weighted by molar-refractivity contribution is -0.123. The summed E-state index contributed by atoms with van der Waals surface area (Å²) in [6.45, 7) is 5.47. The number of ether oxygens (including phenoxy) is 1. The lowest BCUT2D eigenvalue weighted by Crippen LogP contribution is -2.40. The topological polar surface area (TPSA) is 75.7 Å². The fourth-order valence-corrected chi connectivity index (χ4v) is 2.56. The second kappa shape index (κ2) is 9.52. The van der Waals surface area contributed by atoms with Crippen molar-refractivity contribution in [3.8, 4) is 0 Å². The van der Waals surface area contributed by atoms with Gasteiger partial charge in [0, 0.05) is 13.5 Å². The molecule has 0 saturated heterocycles. The molecule has 0 atom stereocenters. The van der Waals surface area contributed by atoms with Crippen LogP contribution in [-0.2, 0) is 20.9 Å². The van der Waals surface area contributed by atoms with E-state index >= 15 is 0 Å². The Morgan fingerprint density at radius 1 is 1.04 bits per heavy atom. The van der Waals surface area contributed by atoms with E-state index in [1.165, 1.54) is 11.8 Å². The van der Waals surface area contributed by atoms with Gasteiger partial charge in [0.2, 0.25) is 11.8 Å². The van der Waals surface area contributed by atoms with Gasteiger partial charge in [0.05, 0.1) is 17.9 Å². The molecule has 0 bridgehead atoms. The van der Waals surface area contributed by atoms with Gasteiger partial charge in [-0.3, -0.25) is 9.59 Å². The van der Waals surface area contributed by atoms with Gasteiger partial charge in [-0.05, 0) is 31.5 Å². The number of nitrogens with zero attached hydrogens (tertiary/aromatic N) is 1. The Balaban J connectivity index is 2.11. The molecule has 2 rings (SSSR count). The average molecular weight is 368 g/mol. The first-order valence-corrected chi connectivity index (χ1v) is 8.79. The quantitative estimate of drug-likeness (QED) is 0.763. The highest BCUT2D eigenvalue weighted by atomic mass is 16.5. The predicted molar refractivity (Wildman–Crippen MR) is 103 cm³/mol. The molecule has 0 saturated carbocycles. The van der Waals surface area contributed by atoms with Crippen molar-refractivity contribution in [2.24, 2.45) is 0 Å². The number of esters is 1. The van der Waals surface area contributed by atoms with E-state index in [9.17, 15) is 14.4 Å². The molecule has 0 spiro atoms. The number of nitrogens with one attached hydrogen (secondary N) is 1. The molecule has 0 unspecified atom stereocenters. The van der Waals surface area contributed by atoms with Gasteiger partial charge in [0.15, 0.2) is 0 Å². The van der Waals surface area contributed by atoms with Crippen LogP contribution >= 0.6 is 0 Å². The van der Waals surface area contributed by atoms with Crippen molar-refractivity contribution < 1.29 is 19.1 Å². The highest BCUT2D eigenvalue weighted by molar-refractivity contribution is 6.04. The van der Waals surface area contributed by atoms with E-state index in [0.717, 1.165) is 11.1 Å². The Morgan fingerprint density at radius 3 is 2.33 bits per heavy atom. The van der Waals surface area contributed by atoms with Crippen molar-refractivity contribution in [2.75, 3.05) is 18.1 Å². The number of benzene rings is 2. The molecular formula is C21H24N2O4. The summed E-state index contributed by atoms with van der Waals surface area (Å²) < 4.78 is 5.04. The number of para-hydroxylation sites is 1. The van der Waals surface area contributed by atoms with Crippen LogP contribution in [0.5, 0.6) is 0 Å². The van der Waals surface area contributed by atoms with Crippen molar-refractivity contribution in [2.45, 2.75) is 27.3 Å². The van der Waals surface area contributed by atoms with Gasteiger partial charge in [-0.25, -0.2) is 4.79 Å². The van der Waals surface area contributed by atoms with Gasteiger partial charge in [0.25, 0.3) is 0 Å². The van der Waals surface area contributed by atoms with Crippen molar-refractivity contribution in [3.05, 3.63) is 65.2 Å². The first kappa shape index (κ1) is 20.2. The highest BCUT2D eigenvalue weighted by Crippen LogP contribution is 2.21. The third-order valence-electron chi connectivity index (χ3n) is 3.98. The van der Waals surface area contributed by atoms with Gasteiger partial charge < -0.3 is 15.0 Å². The van der Waals surface area contributed by atoms with Crippen LogP contribution in [0.15, 0.2) is 48.5 Å². The van der Waals surface area contributed by atoms with E-state index in [1.807, 2.05) is 31.2 Å². The molecule has 0 aliphatic rings. The van der Waals surface area contributed by atoms with Gasteiger partial charge in [0.1, 0.15) is 6.54 Å². The van der Waals surface area contributed by atoms with Crippen LogP contribution in [0.2, 0.25) is 0 Å². The number of amides is 2. The zero-order valence-corrected chi connectivity index (χ0v) is 15.8. The smallest absolute Gasteiger partial charge is 0.340 e. The molecule has 1 N–H and O–H groups in total. The normalized spacial score (nSPS) is 10.2. The molecule has 6 nitrogen and oxygen atoms in total. The second-order valence-corrected chi connectivity index (χ2v) is 6.11.